The van der Waals surface area contributed by atoms with Crippen LogP contribution in [0.15, 0.2) is 24.3 Å². The number of urea groups is 1. The van der Waals surface area contributed by atoms with Gasteiger partial charge >= 0.3 is 12.0 Å². The molecule has 3 rings (SSSR count). The molecule has 122 valence electrons. The van der Waals surface area contributed by atoms with Crippen LogP contribution in [0.5, 0.6) is 0 Å². The van der Waals surface area contributed by atoms with Crippen LogP contribution in [0.3, 0.4) is 0 Å². The molecule has 1 aromatic rings. The first-order valence-corrected chi connectivity index (χ1v) is 7.56. The quantitative estimate of drug-likeness (QED) is 0.631. The maximum absolute atomic E-state index is 11.9. The molecule has 0 bridgehead atoms. The van der Waals surface area contributed by atoms with Crippen LogP contribution in [0.2, 0.25) is 0 Å². The van der Waals surface area contributed by atoms with Gasteiger partial charge < -0.3 is 10.1 Å². The van der Waals surface area contributed by atoms with E-state index in [0.717, 1.165) is 25.2 Å². The number of likely N-dealkylation sites (tertiary alicyclic amines) is 1. The van der Waals surface area contributed by atoms with E-state index in [1.54, 1.807) is 12.1 Å². The number of carbonyl (C=O) groups excluding carboxylic acids is 3. The first-order valence-electron chi connectivity index (χ1n) is 7.56. The standard InChI is InChI=1S/C16H19N3O4/c1-23-13(20)12-4-2-11(3-5-12)10-19-8-6-16(7-9-19)14(21)17-15(22)18-16/h2-5H,6-10H2,1H3,(H2,17,18,21,22). The fraction of sp³-hybridized carbons (Fsp3) is 0.438. The Morgan fingerprint density at radius 2 is 1.87 bits per heavy atom. The van der Waals surface area contributed by atoms with Crippen molar-refractivity contribution >= 4 is 17.9 Å². The summed E-state index contributed by atoms with van der Waals surface area (Å²) < 4.78 is 4.68. The number of nitrogens with zero attached hydrogens (tertiary/aromatic N) is 1. The van der Waals surface area contributed by atoms with Crippen molar-refractivity contribution in [3.63, 3.8) is 0 Å². The van der Waals surface area contributed by atoms with Gasteiger partial charge in [-0.3, -0.25) is 15.0 Å². The van der Waals surface area contributed by atoms with Crippen molar-refractivity contribution in [2.45, 2.75) is 24.9 Å². The van der Waals surface area contributed by atoms with Crippen molar-refractivity contribution in [1.29, 1.82) is 0 Å². The second-order valence-electron chi connectivity index (χ2n) is 5.96. The van der Waals surface area contributed by atoms with E-state index in [0.29, 0.717) is 18.4 Å². The van der Waals surface area contributed by atoms with Crippen molar-refractivity contribution in [2.24, 2.45) is 0 Å². The number of amides is 3. The summed E-state index contributed by atoms with van der Waals surface area (Å²) in [6, 6.07) is 6.90. The van der Waals surface area contributed by atoms with Crippen LogP contribution in [0.4, 0.5) is 4.79 Å². The smallest absolute Gasteiger partial charge is 0.337 e. The minimum Gasteiger partial charge on any atom is -0.465 e. The molecule has 2 heterocycles. The molecule has 1 aromatic carbocycles. The van der Waals surface area contributed by atoms with Crippen molar-refractivity contribution in [3.8, 4) is 0 Å². The van der Waals surface area contributed by atoms with E-state index in [9.17, 15) is 14.4 Å². The number of hydrogen-bond donors (Lipinski definition) is 2. The highest BCUT2D eigenvalue weighted by atomic mass is 16.5. The SMILES string of the molecule is COC(=O)c1ccc(CN2CCC3(CC2)NC(=O)NC3=O)cc1. The highest BCUT2D eigenvalue weighted by molar-refractivity contribution is 6.07. The van der Waals surface area contributed by atoms with Gasteiger partial charge in [-0.25, -0.2) is 9.59 Å². The maximum Gasteiger partial charge on any atom is 0.337 e. The summed E-state index contributed by atoms with van der Waals surface area (Å²) in [4.78, 5) is 36.9. The largest absolute Gasteiger partial charge is 0.465 e. The van der Waals surface area contributed by atoms with E-state index in [1.807, 2.05) is 12.1 Å². The van der Waals surface area contributed by atoms with E-state index < -0.39 is 11.6 Å². The molecule has 2 saturated heterocycles. The molecule has 2 fully saturated rings. The zero-order chi connectivity index (χ0) is 16.4. The van der Waals surface area contributed by atoms with E-state index in [1.165, 1.54) is 7.11 Å². The molecule has 7 nitrogen and oxygen atoms in total. The first-order chi connectivity index (χ1) is 11.0. The normalized spacial score (nSPS) is 20.2. The second-order valence-corrected chi connectivity index (χ2v) is 5.96. The second kappa shape index (κ2) is 6.00. The van der Waals surface area contributed by atoms with Gasteiger partial charge in [-0.2, -0.15) is 0 Å². The number of nitrogens with one attached hydrogen (secondary N) is 2. The molecule has 2 N–H and O–H groups in total. The maximum atomic E-state index is 11.9. The number of esters is 1. The summed E-state index contributed by atoms with van der Waals surface area (Å²) in [5.74, 6) is -0.566. The summed E-state index contributed by atoms with van der Waals surface area (Å²) in [6.45, 7) is 2.20. The third-order valence-corrected chi connectivity index (χ3v) is 4.51. The monoisotopic (exact) mass is 317 g/mol. The number of rotatable bonds is 3. The molecule has 1 spiro atoms. The number of benzene rings is 1. The van der Waals surface area contributed by atoms with E-state index in [4.69, 9.17) is 0 Å². The lowest BCUT2D eigenvalue weighted by atomic mass is 9.87. The first kappa shape index (κ1) is 15.5. The van der Waals surface area contributed by atoms with Gasteiger partial charge in [0.25, 0.3) is 5.91 Å². The third-order valence-electron chi connectivity index (χ3n) is 4.51. The lowest BCUT2D eigenvalue weighted by Crippen LogP contribution is -2.54. The van der Waals surface area contributed by atoms with E-state index in [-0.39, 0.29) is 11.9 Å². The van der Waals surface area contributed by atoms with Crippen LogP contribution in [0, 0.1) is 0 Å². The van der Waals surface area contributed by atoms with Crippen molar-refractivity contribution < 1.29 is 19.1 Å². The molecule has 0 radical (unpaired) electrons. The van der Waals surface area contributed by atoms with Crippen LogP contribution in [-0.2, 0) is 16.1 Å². The molecule has 0 aromatic heterocycles. The number of methoxy groups -OCH3 is 1. The molecule has 2 aliphatic heterocycles. The molecule has 23 heavy (non-hydrogen) atoms. The Morgan fingerprint density at radius 3 is 2.39 bits per heavy atom. The number of imide groups is 1. The van der Waals surface area contributed by atoms with Gasteiger partial charge in [0.05, 0.1) is 12.7 Å². The topological polar surface area (TPSA) is 87.7 Å². The molecule has 7 heteroatoms. The Labute approximate surface area is 134 Å². The highest BCUT2D eigenvalue weighted by Gasteiger charge is 2.47. The molecular weight excluding hydrogens is 298 g/mol. The molecule has 3 amide bonds. The van der Waals surface area contributed by atoms with Gasteiger partial charge in [0, 0.05) is 19.6 Å². The number of hydrogen-bond acceptors (Lipinski definition) is 5. The molecular formula is C16H19N3O4. The summed E-state index contributed by atoms with van der Waals surface area (Å²) in [6.07, 6.45) is 1.20. The lowest BCUT2D eigenvalue weighted by Gasteiger charge is -2.37. The van der Waals surface area contributed by atoms with Gasteiger partial charge in [-0.15, -0.1) is 0 Å². The molecule has 0 atom stereocenters. The summed E-state index contributed by atoms with van der Waals surface area (Å²) in [5, 5.41) is 5.07. The lowest BCUT2D eigenvalue weighted by molar-refractivity contribution is -0.125. The number of piperidine rings is 1. The van der Waals surface area contributed by atoms with Gasteiger partial charge in [0.2, 0.25) is 0 Å². The zero-order valence-corrected chi connectivity index (χ0v) is 12.9. The molecule has 2 aliphatic rings. The molecule has 0 aliphatic carbocycles. The summed E-state index contributed by atoms with van der Waals surface area (Å²) in [7, 11) is 1.36. The van der Waals surface area contributed by atoms with Crippen LogP contribution in [0.1, 0.15) is 28.8 Å². The fourth-order valence-electron chi connectivity index (χ4n) is 3.10. The Bertz CT molecular complexity index is 633. The van der Waals surface area contributed by atoms with Crippen LogP contribution >= 0.6 is 0 Å². The van der Waals surface area contributed by atoms with Crippen molar-refractivity contribution in [3.05, 3.63) is 35.4 Å². The van der Waals surface area contributed by atoms with Gasteiger partial charge in [-0.05, 0) is 30.5 Å². The highest BCUT2D eigenvalue weighted by Crippen LogP contribution is 2.26. The Morgan fingerprint density at radius 1 is 1.22 bits per heavy atom. The van der Waals surface area contributed by atoms with Gasteiger partial charge in [-0.1, -0.05) is 12.1 Å². The van der Waals surface area contributed by atoms with Crippen molar-refractivity contribution in [1.82, 2.24) is 15.5 Å². The Hall–Kier alpha value is -2.41. The predicted molar refractivity (Wildman–Crippen MR) is 81.7 cm³/mol. The third kappa shape index (κ3) is 3.05. The zero-order valence-electron chi connectivity index (χ0n) is 12.9. The van der Waals surface area contributed by atoms with Crippen LogP contribution < -0.4 is 10.6 Å². The Kier molecular flexibility index (Phi) is 4.04. The average Bonchev–Trinajstić information content (AvgIpc) is 2.83. The van der Waals surface area contributed by atoms with E-state index >= 15 is 0 Å². The fourth-order valence-corrected chi connectivity index (χ4v) is 3.10. The number of carbonyl (C=O) groups is 3. The predicted octanol–water partition coefficient (Wildman–Crippen LogP) is 0.647. The minimum absolute atomic E-state index is 0.218. The summed E-state index contributed by atoms with van der Waals surface area (Å²) in [5.41, 5.74) is 0.884. The van der Waals surface area contributed by atoms with Gasteiger partial charge in [0.15, 0.2) is 0 Å². The summed E-state index contributed by atoms with van der Waals surface area (Å²) >= 11 is 0. The minimum atomic E-state index is -0.734. The van der Waals surface area contributed by atoms with E-state index in [2.05, 4.69) is 20.3 Å². The molecule has 0 saturated carbocycles. The van der Waals surface area contributed by atoms with Gasteiger partial charge in [0.1, 0.15) is 5.54 Å². The Balaban J connectivity index is 1.58. The number of ether oxygens (including phenoxy) is 1. The average molecular weight is 317 g/mol. The molecule has 0 unspecified atom stereocenters. The van der Waals surface area contributed by atoms with Crippen molar-refractivity contribution in [2.75, 3.05) is 20.2 Å². The van der Waals surface area contributed by atoms with Crippen LogP contribution in [-0.4, -0.2) is 48.5 Å². The van der Waals surface area contributed by atoms with Crippen LogP contribution in [0.25, 0.3) is 0 Å².